The minimum absolute atomic E-state index is 0.0156. The van der Waals surface area contributed by atoms with Crippen LogP contribution in [0.25, 0.3) is 5.57 Å². The number of phenols is 1. The van der Waals surface area contributed by atoms with Crippen LogP contribution in [-0.4, -0.2) is 23.9 Å². The summed E-state index contributed by atoms with van der Waals surface area (Å²) < 4.78 is 34.1. The Morgan fingerprint density at radius 1 is 1.03 bits per heavy atom. The van der Waals surface area contributed by atoms with Gasteiger partial charge in [-0.05, 0) is 78.9 Å². The SMILES string of the molecule is O=C1C(Cl)=C/C(=C(\c2cc(Cl)c(O)c(Br)c2)c2ccccc2S(=O)(=O)O)C=C1Br. The van der Waals surface area contributed by atoms with Crippen molar-refractivity contribution in [2.24, 2.45) is 0 Å². The topological polar surface area (TPSA) is 91.7 Å². The van der Waals surface area contributed by atoms with Crippen LogP contribution in [0.15, 0.2) is 73.0 Å². The summed E-state index contributed by atoms with van der Waals surface area (Å²) >= 11 is 18.5. The van der Waals surface area contributed by atoms with Crippen LogP contribution in [0.2, 0.25) is 5.02 Å². The summed E-state index contributed by atoms with van der Waals surface area (Å²) in [4.78, 5) is 11.7. The van der Waals surface area contributed by atoms with Crippen molar-refractivity contribution >= 4 is 76.5 Å². The number of phenolic OH excluding ortho intramolecular Hbond substituents is 1. The maximum Gasteiger partial charge on any atom is 0.295 e. The van der Waals surface area contributed by atoms with E-state index in [4.69, 9.17) is 23.2 Å². The Balaban J connectivity index is 2.47. The van der Waals surface area contributed by atoms with Gasteiger partial charge in [0.2, 0.25) is 5.78 Å². The molecule has 29 heavy (non-hydrogen) atoms. The van der Waals surface area contributed by atoms with Crippen LogP contribution >= 0.6 is 55.1 Å². The molecule has 0 fully saturated rings. The standard InChI is InChI=1S/C19H10Br2Cl2O5S/c20-12-5-9(7-14(22)18(12)24)17(10-6-13(21)19(25)15(23)8-10)11-3-1-2-4-16(11)29(26,27)28/h1-8,24H,(H,26,27,28)/b17-10+. The first-order chi connectivity index (χ1) is 13.5. The van der Waals surface area contributed by atoms with Crippen LogP contribution in [-0.2, 0) is 14.9 Å². The van der Waals surface area contributed by atoms with Crippen LogP contribution in [0.3, 0.4) is 0 Å². The first-order valence-electron chi connectivity index (χ1n) is 7.79. The molecule has 3 rings (SSSR count). The van der Waals surface area contributed by atoms with E-state index >= 15 is 0 Å². The number of halogens is 4. The Hall–Kier alpha value is -1.42. The number of ketones is 1. The summed E-state index contributed by atoms with van der Waals surface area (Å²) in [5, 5.41) is 9.90. The Bertz CT molecular complexity index is 1200. The molecular weight excluding hydrogens is 571 g/mol. The second kappa shape index (κ2) is 8.37. The van der Waals surface area contributed by atoms with Gasteiger partial charge in [-0.3, -0.25) is 9.35 Å². The molecule has 0 saturated heterocycles. The molecule has 0 spiro atoms. The summed E-state index contributed by atoms with van der Waals surface area (Å²) in [5.74, 6) is -0.616. The van der Waals surface area contributed by atoms with Crippen molar-refractivity contribution in [2.45, 2.75) is 4.90 Å². The maximum absolute atomic E-state index is 12.0. The van der Waals surface area contributed by atoms with Gasteiger partial charge in [0.1, 0.15) is 10.6 Å². The zero-order valence-corrected chi connectivity index (χ0v) is 19.7. The van der Waals surface area contributed by atoms with Crippen LogP contribution < -0.4 is 0 Å². The molecule has 0 unspecified atom stereocenters. The Morgan fingerprint density at radius 3 is 2.28 bits per heavy atom. The molecule has 0 heterocycles. The summed E-state index contributed by atoms with van der Waals surface area (Å²) in [6.07, 6.45) is 2.87. The molecule has 150 valence electrons. The van der Waals surface area contributed by atoms with Gasteiger partial charge >= 0.3 is 0 Å². The lowest BCUT2D eigenvalue weighted by atomic mass is 9.90. The number of carbonyl (C=O) groups is 1. The summed E-state index contributed by atoms with van der Waals surface area (Å²) in [7, 11) is -4.57. The molecule has 0 amide bonds. The van der Waals surface area contributed by atoms with Gasteiger partial charge in [-0.25, -0.2) is 0 Å². The fourth-order valence-corrected chi connectivity index (χ4v) is 5.08. The highest BCUT2D eigenvalue weighted by Crippen LogP contribution is 2.41. The Labute approximate surface area is 193 Å². The van der Waals surface area contributed by atoms with E-state index in [1.54, 1.807) is 6.07 Å². The fourth-order valence-electron chi connectivity index (χ4n) is 2.79. The molecule has 0 aromatic heterocycles. The zero-order chi connectivity index (χ0) is 21.5. The molecule has 1 aliphatic carbocycles. The predicted octanol–water partition coefficient (Wildman–Crippen LogP) is 5.84. The van der Waals surface area contributed by atoms with Crippen molar-refractivity contribution < 1.29 is 22.9 Å². The number of carbonyl (C=O) groups excluding carboxylic acids is 1. The van der Waals surface area contributed by atoms with Gasteiger partial charge in [-0.15, -0.1) is 0 Å². The van der Waals surface area contributed by atoms with Gasteiger partial charge in [0.15, 0.2) is 0 Å². The number of hydrogen-bond donors (Lipinski definition) is 2. The molecule has 0 saturated carbocycles. The Morgan fingerprint density at radius 2 is 1.69 bits per heavy atom. The molecule has 0 atom stereocenters. The van der Waals surface area contributed by atoms with Gasteiger partial charge < -0.3 is 5.11 Å². The summed E-state index contributed by atoms with van der Waals surface area (Å²) in [6, 6.07) is 8.78. The van der Waals surface area contributed by atoms with E-state index in [0.29, 0.717) is 16.7 Å². The molecule has 1 aliphatic rings. The van der Waals surface area contributed by atoms with Gasteiger partial charge in [0.25, 0.3) is 10.1 Å². The maximum atomic E-state index is 12.0. The highest BCUT2D eigenvalue weighted by Gasteiger charge is 2.25. The molecular formula is C19H10Br2Cl2O5S. The van der Waals surface area contributed by atoms with E-state index in [-0.39, 0.29) is 35.2 Å². The average Bonchev–Trinajstić information content (AvgIpc) is 2.64. The van der Waals surface area contributed by atoms with Crippen molar-refractivity contribution in [3.63, 3.8) is 0 Å². The normalized spacial score (nSPS) is 16.4. The van der Waals surface area contributed by atoms with Gasteiger partial charge in [0, 0.05) is 5.56 Å². The van der Waals surface area contributed by atoms with E-state index in [2.05, 4.69) is 31.9 Å². The van der Waals surface area contributed by atoms with Crippen molar-refractivity contribution in [1.29, 1.82) is 0 Å². The zero-order valence-electron chi connectivity index (χ0n) is 14.2. The number of hydrogen-bond acceptors (Lipinski definition) is 4. The average molecular weight is 581 g/mol. The van der Waals surface area contributed by atoms with Crippen molar-refractivity contribution in [3.8, 4) is 5.75 Å². The van der Waals surface area contributed by atoms with E-state index in [1.807, 2.05) is 0 Å². The molecule has 10 heteroatoms. The van der Waals surface area contributed by atoms with E-state index in [9.17, 15) is 22.9 Å². The summed E-state index contributed by atoms with van der Waals surface area (Å²) in [6.45, 7) is 0. The molecule has 0 bridgehead atoms. The van der Waals surface area contributed by atoms with Crippen LogP contribution in [0.1, 0.15) is 11.1 Å². The van der Waals surface area contributed by atoms with Gasteiger partial charge in [-0.1, -0.05) is 41.4 Å². The number of benzene rings is 2. The predicted molar refractivity (Wildman–Crippen MR) is 119 cm³/mol. The quantitative estimate of drug-likeness (QED) is 0.445. The monoisotopic (exact) mass is 578 g/mol. The number of aromatic hydroxyl groups is 1. The van der Waals surface area contributed by atoms with Crippen LogP contribution in [0, 0.1) is 0 Å². The van der Waals surface area contributed by atoms with Crippen molar-refractivity contribution in [1.82, 2.24) is 0 Å². The lowest BCUT2D eigenvalue weighted by Gasteiger charge is -2.18. The molecule has 2 aromatic rings. The van der Waals surface area contributed by atoms with Crippen LogP contribution in [0.4, 0.5) is 0 Å². The highest BCUT2D eigenvalue weighted by atomic mass is 79.9. The van der Waals surface area contributed by atoms with E-state index in [0.717, 1.165) is 0 Å². The molecule has 0 aliphatic heterocycles. The summed E-state index contributed by atoms with van der Waals surface area (Å²) in [5.41, 5.74) is 1.29. The second-order valence-corrected chi connectivity index (χ2v) is 9.82. The smallest absolute Gasteiger partial charge is 0.295 e. The first-order valence-corrected chi connectivity index (χ1v) is 11.6. The number of rotatable bonds is 3. The second-order valence-electron chi connectivity index (χ2n) is 5.90. The third-order valence-electron chi connectivity index (χ3n) is 4.03. The number of allylic oxidation sites excluding steroid dienone is 5. The van der Waals surface area contributed by atoms with Crippen LogP contribution in [0.5, 0.6) is 5.75 Å². The molecule has 5 nitrogen and oxygen atoms in total. The minimum Gasteiger partial charge on any atom is -0.505 e. The molecule has 2 N–H and O–H groups in total. The molecule has 0 radical (unpaired) electrons. The third-order valence-corrected chi connectivity index (χ3v) is 6.70. The largest absolute Gasteiger partial charge is 0.505 e. The van der Waals surface area contributed by atoms with Crippen molar-refractivity contribution in [2.75, 3.05) is 0 Å². The number of Topliss-reactive ketones (excluding diaryl/α,β-unsaturated/α-hetero) is 1. The van der Waals surface area contributed by atoms with Gasteiger partial charge in [0.05, 0.1) is 19.0 Å². The van der Waals surface area contributed by atoms with E-state index in [1.165, 1.54) is 42.5 Å². The first kappa shape index (κ1) is 22.3. The highest BCUT2D eigenvalue weighted by molar-refractivity contribution is 9.12. The van der Waals surface area contributed by atoms with Gasteiger partial charge in [-0.2, -0.15) is 8.42 Å². The minimum atomic E-state index is -4.57. The third kappa shape index (κ3) is 4.52. The lowest BCUT2D eigenvalue weighted by Crippen LogP contribution is -2.07. The lowest BCUT2D eigenvalue weighted by molar-refractivity contribution is -0.111. The van der Waals surface area contributed by atoms with Crippen molar-refractivity contribution in [3.05, 3.63) is 84.3 Å². The Kier molecular flexibility index (Phi) is 6.43. The fraction of sp³-hybridized carbons (Fsp3) is 0. The van der Waals surface area contributed by atoms with E-state index < -0.39 is 15.9 Å². The molecule has 2 aromatic carbocycles.